The van der Waals surface area contributed by atoms with Gasteiger partial charge in [0.05, 0.1) is 19.9 Å². The molecule has 1 aliphatic heterocycles. The van der Waals surface area contributed by atoms with Crippen LogP contribution in [0.2, 0.25) is 0 Å². The molecular formula is C25H29N5O3. The van der Waals surface area contributed by atoms with Crippen LogP contribution in [0, 0.1) is 13.8 Å². The number of hydrogen-bond donors (Lipinski definition) is 1. The molecule has 2 heterocycles. The smallest absolute Gasteiger partial charge is 0.322 e. The molecular weight excluding hydrogens is 418 g/mol. The third kappa shape index (κ3) is 5.16. The van der Waals surface area contributed by atoms with Gasteiger partial charge in [-0.25, -0.2) is 14.8 Å². The molecule has 1 fully saturated rings. The molecule has 2 amide bonds. The number of amides is 2. The number of hydrogen-bond acceptors (Lipinski definition) is 6. The minimum atomic E-state index is -0.155. The van der Waals surface area contributed by atoms with Gasteiger partial charge in [0.2, 0.25) is 0 Å². The Hall–Kier alpha value is -3.81. The fraction of sp³-hybridized carbons (Fsp3) is 0.320. The summed E-state index contributed by atoms with van der Waals surface area (Å²) in [7, 11) is 3.16. The van der Waals surface area contributed by atoms with Gasteiger partial charge in [0.1, 0.15) is 17.3 Å². The minimum absolute atomic E-state index is 0.155. The first-order valence-electron chi connectivity index (χ1n) is 10.9. The van der Waals surface area contributed by atoms with E-state index in [0.717, 1.165) is 22.9 Å². The predicted octanol–water partition coefficient (Wildman–Crippen LogP) is 4.13. The number of aromatic nitrogens is 2. The van der Waals surface area contributed by atoms with Crippen molar-refractivity contribution in [3.63, 3.8) is 0 Å². The van der Waals surface area contributed by atoms with Crippen LogP contribution in [-0.4, -0.2) is 61.3 Å². The SMILES string of the molecule is COc1ccc(NC(=O)N2CCN(c3cc(C)nc(-c4cccc(C)c4)n3)CC2)c(OC)c1. The van der Waals surface area contributed by atoms with Crippen LogP contribution in [0.1, 0.15) is 11.3 Å². The highest BCUT2D eigenvalue weighted by Gasteiger charge is 2.23. The highest BCUT2D eigenvalue weighted by atomic mass is 16.5. The maximum Gasteiger partial charge on any atom is 0.322 e. The maximum absolute atomic E-state index is 12.8. The molecule has 0 spiro atoms. The first-order valence-corrected chi connectivity index (χ1v) is 10.9. The molecule has 8 heteroatoms. The number of carbonyl (C=O) groups is 1. The second kappa shape index (κ2) is 9.77. The molecule has 1 aliphatic rings. The standard InChI is InChI=1S/C25H29N5O3/c1-17-6-5-7-19(14-17)24-26-18(2)15-23(28-24)29-10-12-30(13-11-29)25(31)27-21-9-8-20(32-3)16-22(21)33-4/h5-9,14-16H,10-13H2,1-4H3,(H,27,31). The topological polar surface area (TPSA) is 79.8 Å². The summed E-state index contributed by atoms with van der Waals surface area (Å²) in [6.45, 7) is 6.61. The van der Waals surface area contributed by atoms with Crippen LogP contribution in [0.3, 0.4) is 0 Å². The summed E-state index contributed by atoms with van der Waals surface area (Å²) in [4.78, 5) is 26.3. The van der Waals surface area contributed by atoms with Crippen LogP contribution in [0.5, 0.6) is 11.5 Å². The number of nitrogens with zero attached hydrogens (tertiary/aromatic N) is 4. The van der Waals surface area contributed by atoms with Crippen molar-refractivity contribution in [3.8, 4) is 22.9 Å². The fourth-order valence-corrected chi connectivity index (χ4v) is 3.86. The summed E-state index contributed by atoms with van der Waals surface area (Å²) < 4.78 is 10.6. The van der Waals surface area contributed by atoms with Crippen LogP contribution in [-0.2, 0) is 0 Å². The maximum atomic E-state index is 12.8. The molecule has 4 rings (SSSR count). The Morgan fingerprint density at radius 2 is 1.73 bits per heavy atom. The van der Waals surface area contributed by atoms with E-state index in [1.807, 2.05) is 25.1 Å². The van der Waals surface area contributed by atoms with E-state index in [0.29, 0.717) is 43.4 Å². The van der Waals surface area contributed by atoms with Crippen LogP contribution < -0.4 is 19.7 Å². The fourth-order valence-electron chi connectivity index (χ4n) is 3.86. The van der Waals surface area contributed by atoms with Crippen molar-refractivity contribution in [1.82, 2.24) is 14.9 Å². The number of aryl methyl sites for hydroxylation is 2. The van der Waals surface area contributed by atoms with E-state index in [1.54, 1.807) is 37.3 Å². The molecule has 3 aromatic rings. The van der Waals surface area contributed by atoms with Crippen molar-refractivity contribution in [2.24, 2.45) is 0 Å². The lowest BCUT2D eigenvalue weighted by molar-refractivity contribution is 0.208. The van der Waals surface area contributed by atoms with Crippen LogP contribution >= 0.6 is 0 Å². The van der Waals surface area contributed by atoms with Crippen molar-refractivity contribution in [3.05, 3.63) is 59.8 Å². The van der Waals surface area contributed by atoms with Gasteiger partial charge in [-0.05, 0) is 32.0 Å². The van der Waals surface area contributed by atoms with Gasteiger partial charge in [0.15, 0.2) is 5.82 Å². The van der Waals surface area contributed by atoms with Crippen molar-refractivity contribution < 1.29 is 14.3 Å². The lowest BCUT2D eigenvalue weighted by Crippen LogP contribution is -2.50. The van der Waals surface area contributed by atoms with E-state index in [-0.39, 0.29) is 6.03 Å². The molecule has 0 aliphatic carbocycles. The first kappa shape index (κ1) is 22.4. The predicted molar refractivity (Wildman–Crippen MR) is 129 cm³/mol. The number of rotatable bonds is 5. The van der Waals surface area contributed by atoms with Crippen LogP contribution in [0.4, 0.5) is 16.3 Å². The molecule has 0 bridgehead atoms. The normalized spacial score (nSPS) is 13.6. The summed E-state index contributed by atoms with van der Waals surface area (Å²) in [5, 5.41) is 2.94. The minimum Gasteiger partial charge on any atom is -0.497 e. The van der Waals surface area contributed by atoms with Gasteiger partial charge in [0.25, 0.3) is 0 Å². The van der Waals surface area contributed by atoms with Gasteiger partial charge in [-0.2, -0.15) is 0 Å². The molecule has 1 aromatic heterocycles. The van der Waals surface area contributed by atoms with Gasteiger partial charge in [-0.15, -0.1) is 0 Å². The summed E-state index contributed by atoms with van der Waals surface area (Å²) in [5.41, 5.74) is 3.71. The molecule has 8 nitrogen and oxygen atoms in total. The Labute approximate surface area is 194 Å². The third-order valence-corrected chi connectivity index (χ3v) is 5.66. The molecule has 1 N–H and O–H groups in total. The number of piperazine rings is 1. The Balaban J connectivity index is 1.42. The number of methoxy groups -OCH3 is 2. The van der Waals surface area contributed by atoms with Gasteiger partial charge >= 0.3 is 6.03 Å². The first-order chi connectivity index (χ1) is 16.0. The highest BCUT2D eigenvalue weighted by Crippen LogP contribution is 2.29. The van der Waals surface area contributed by atoms with E-state index < -0.39 is 0 Å². The van der Waals surface area contributed by atoms with Gasteiger partial charge in [-0.3, -0.25) is 0 Å². The van der Waals surface area contributed by atoms with Crippen LogP contribution in [0.25, 0.3) is 11.4 Å². The molecule has 0 atom stereocenters. The number of urea groups is 1. The lowest BCUT2D eigenvalue weighted by atomic mass is 10.1. The number of ether oxygens (including phenoxy) is 2. The zero-order valence-corrected chi connectivity index (χ0v) is 19.5. The van der Waals surface area contributed by atoms with E-state index in [1.165, 1.54) is 5.56 Å². The highest BCUT2D eigenvalue weighted by molar-refractivity contribution is 5.91. The summed E-state index contributed by atoms with van der Waals surface area (Å²) in [6.07, 6.45) is 0. The molecule has 2 aromatic carbocycles. The molecule has 0 saturated carbocycles. The van der Waals surface area contributed by atoms with Crippen molar-refractivity contribution in [1.29, 1.82) is 0 Å². The Bertz CT molecular complexity index is 1140. The Morgan fingerprint density at radius 1 is 0.939 bits per heavy atom. The summed E-state index contributed by atoms with van der Waals surface area (Å²) >= 11 is 0. The lowest BCUT2D eigenvalue weighted by Gasteiger charge is -2.35. The van der Waals surface area contributed by atoms with Crippen molar-refractivity contribution in [2.45, 2.75) is 13.8 Å². The average molecular weight is 448 g/mol. The number of anilines is 2. The molecule has 172 valence electrons. The van der Waals surface area contributed by atoms with E-state index in [4.69, 9.17) is 14.5 Å². The van der Waals surface area contributed by atoms with E-state index in [9.17, 15) is 4.79 Å². The van der Waals surface area contributed by atoms with Gasteiger partial charge in [0, 0.05) is 49.6 Å². The molecule has 0 radical (unpaired) electrons. The Kier molecular flexibility index (Phi) is 6.63. The largest absolute Gasteiger partial charge is 0.497 e. The zero-order valence-electron chi connectivity index (χ0n) is 19.5. The molecule has 0 unspecified atom stereocenters. The number of benzene rings is 2. The zero-order chi connectivity index (χ0) is 23.4. The van der Waals surface area contributed by atoms with E-state index >= 15 is 0 Å². The summed E-state index contributed by atoms with van der Waals surface area (Å²) in [6, 6.07) is 15.4. The average Bonchev–Trinajstić information content (AvgIpc) is 2.84. The molecule has 33 heavy (non-hydrogen) atoms. The number of carbonyl (C=O) groups excluding carboxylic acids is 1. The third-order valence-electron chi connectivity index (χ3n) is 5.66. The second-order valence-electron chi connectivity index (χ2n) is 8.03. The second-order valence-corrected chi connectivity index (χ2v) is 8.03. The number of nitrogens with one attached hydrogen (secondary N) is 1. The van der Waals surface area contributed by atoms with Gasteiger partial charge in [-0.1, -0.05) is 23.8 Å². The summed E-state index contributed by atoms with van der Waals surface area (Å²) in [5.74, 6) is 2.83. The Morgan fingerprint density at radius 3 is 2.42 bits per heavy atom. The van der Waals surface area contributed by atoms with Crippen LogP contribution in [0.15, 0.2) is 48.5 Å². The quantitative estimate of drug-likeness (QED) is 0.634. The van der Waals surface area contributed by atoms with Crippen molar-refractivity contribution in [2.75, 3.05) is 50.6 Å². The van der Waals surface area contributed by atoms with E-state index in [2.05, 4.69) is 34.3 Å². The van der Waals surface area contributed by atoms with Gasteiger partial charge < -0.3 is 24.6 Å². The molecule has 1 saturated heterocycles. The monoisotopic (exact) mass is 447 g/mol. The van der Waals surface area contributed by atoms with Crippen molar-refractivity contribution >= 4 is 17.5 Å².